The van der Waals surface area contributed by atoms with E-state index >= 15 is 0 Å². The van der Waals surface area contributed by atoms with Crippen LogP contribution in [0.3, 0.4) is 0 Å². The Balaban J connectivity index is 3.28. The number of halogens is 3. The highest BCUT2D eigenvalue weighted by molar-refractivity contribution is 8.58. The van der Waals surface area contributed by atoms with Gasteiger partial charge in [0.2, 0.25) is 0 Å². The summed E-state index contributed by atoms with van der Waals surface area (Å²) in [5.74, 6) is -1.42. The zero-order chi connectivity index (χ0) is 10.1. The number of thiol groups is 1. The molecule has 0 aliphatic carbocycles. The molecule has 0 bridgehead atoms. The van der Waals surface area contributed by atoms with Crippen molar-refractivity contribution in [3.8, 4) is 0 Å². The highest BCUT2D eigenvalue weighted by Gasteiger charge is 2.37. The van der Waals surface area contributed by atoms with E-state index in [1.807, 2.05) is 0 Å². The zero-order valence-corrected chi connectivity index (χ0v) is 8.85. The van der Waals surface area contributed by atoms with Crippen LogP contribution >= 0.6 is 18.1 Å². The van der Waals surface area contributed by atoms with Gasteiger partial charge in [-0.3, -0.25) is 0 Å². The van der Waals surface area contributed by atoms with Crippen molar-refractivity contribution in [3.05, 3.63) is 29.8 Å². The molecule has 1 atom stereocenters. The van der Waals surface area contributed by atoms with Gasteiger partial charge < -0.3 is 0 Å². The van der Waals surface area contributed by atoms with Gasteiger partial charge in [-0.2, -0.15) is 13.2 Å². The number of alkyl halides is 3. The molecule has 0 nitrogen and oxygen atoms in total. The average molecular weight is 241 g/mol. The van der Waals surface area contributed by atoms with Crippen molar-refractivity contribution >= 4 is 35.3 Å². The second kappa shape index (κ2) is 3.95. The summed E-state index contributed by atoms with van der Waals surface area (Å²) in [5.41, 5.74) is -0.675. The van der Waals surface area contributed by atoms with E-state index < -0.39 is 17.6 Å². The molecule has 1 rings (SSSR count). The molecule has 0 aromatic heterocycles. The van der Waals surface area contributed by atoms with Crippen LogP contribution in [-0.4, -0.2) is 0 Å². The smallest absolute Gasteiger partial charge is 0.166 e. The van der Waals surface area contributed by atoms with Crippen molar-refractivity contribution in [2.24, 2.45) is 0 Å². The lowest BCUT2D eigenvalue weighted by Crippen LogP contribution is -2.15. The summed E-state index contributed by atoms with van der Waals surface area (Å²) >= 11 is 8.60. The molecule has 1 aromatic rings. The normalized spacial score (nSPS) is 12.8. The van der Waals surface area contributed by atoms with E-state index in [9.17, 15) is 13.2 Å². The van der Waals surface area contributed by atoms with Gasteiger partial charge in [-0.1, -0.05) is 12.1 Å². The minimum atomic E-state index is -4.33. The quantitative estimate of drug-likeness (QED) is 0.582. The van der Waals surface area contributed by atoms with Crippen LogP contribution in [0.2, 0.25) is 0 Å². The third-order valence-corrected chi connectivity index (χ3v) is 3.45. The van der Waals surface area contributed by atoms with Crippen molar-refractivity contribution in [1.82, 2.24) is 0 Å². The van der Waals surface area contributed by atoms with Crippen LogP contribution < -0.4 is 5.30 Å². The summed E-state index contributed by atoms with van der Waals surface area (Å²) in [6.45, 7) is 0. The van der Waals surface area contributed by atoms with Gasteiger partial charge in [0.1, 0.15) is 5.56 Å². The summed E-state index contributed by atoms with van der Waals surface area (Å²) in [6.07, 6.45) is -4.33. The first kappa shape index (κ1) is 11.0. The van der Waals surface area contributed by atoms with Gasteiger partial charge in [-0.05, 0) is 12.1 Å². The van der Waals surface area contributed by atoms with Crippen LogP contribution in [0.4, 0.5) is 13.2 Å². The fraction of sp³-hybridized carbons (Fsp3) is 0.143. The number of benzene rings is 1. The van der Waals surface area contributed by atoms with Gasteiger partial charge in [0.05, 0.1) is 12.2 Å². The van der Waals surface area contributed by atoms with Gasteiger partial charge in [0.15, 0.2) is 17.1 Å². The molecule has 0 N–H and O–H groups in total. The van der Waals surface area contributed by atoms with Crippen molar-refractivity contribution in [3.63, 3.8) is 0 Å². The van der Waals surface area contributed by atoms with Crippen molar-refractivity contribution in [1.29, 1.82) is 0 Å². The Morgan fingerprint density at radius 3 is 2.15 bits per heavy atom. The number of hydrogen-bond acceptors (Lipinski definition) is 1. The minimum absolute atomic E-state index is 0.100. The molecule has 0 amide bonds. The Hall–Kier alpha value is -0.120. The summed E-state index contributed by atoms with van der Waals surface area (Å²) in [6, 6.07) is 5.26. The van der Waals surface area contributed by atoms with Crippen molar-refractivity contribution in [2.75, 3.05) is 0 Å². The highest BCUT2D eigenvalue weighted by Crippen LogP contribution is 2.35. The van der Waals surface area contributed by atoms with Crippen molar-refractivity contribution < 1.29 is 13.2 Å². The first-order valence-corrected chi connectivity index (χ1v) is 6.76. The van der Waals surface area contributed by atoms with Gasteiger partial charge in [0, 0.05) is 0 Å². The Morgan fingerprint density at radius 2 is 1.77 bits per heavy atom. The predicted octanol–water partition coefficient (Wildman–Crippen LogP) is 3.12. The first-order chi connectivity index (χ1) is 5.93. The van der Waals surface area contributed by atoms with Gasteiger partial charge >= 0.3 is 6.18 Å². The summed E-state index contributed by atoms with van der Waals surface area (Å²) in [4.78, 5) is 0. The molecular weight excluding hydrogens is 236 g/mol. The Kier molecular flexibility index (Phi) is 3.33. The molecule has 0 fully saturated rings. The fourth-order valence-corrected chi connectivity index (χ4v) is 2.50. The van der Waals surface area contributed by atoms with Crippen LogP contribution in [0, 0.1) is 0 Å². The third-order valence-electron chi connectivity index (χ3n) is 1.42. The van der Waals surface area contributed by atoms with Gasteiger partial charge in [-0.25, -0.2) is 0 Å². The van der Waals surface area contributed by atoms with E-state index in [4.69, 9.17) is 11.8 Å². The largest absolute Gasteiger partial charge is 0.420 e. The van der Waals surface area contributed by atoms with Gasteiger partial charge in [0.25, 0.3) is 5.90 Å². The second-order valence-electron chi connectivity index (χ2n) is 2.29. The maximum absolute atomic E-state index is 12.3. The fourth-order valence-electron chi connectivity index (χ4n) is 0.880. The molecule has 0 saturated heterocycles. The third kappa shape index (κ3) is 2.66. The SMILES string of the molecule is FC(F)(F)c1ccccc1[P+](=S)S. The molecule has 1 unspecified atom stereocenters. The summed E-state index contributed by atoms with van der Waals surface area (Å²) in [5, 5.41) is 0.100. The van der Waals surface area contributed by atoms with E-state index in [-0.39, 0.29) is 5.30 Å². The number of hydrogen-bond donors (Lipinski definition) is 1. The molecule has 0 aliphatic rings. The molecule has 0 radical (unpaired) electrons. The predicted molar refractivity (Wildman–Crippen MR) is 54.3 cm³/mol. The Bertz CT molecular complexity index is 335. The summed E-state index contributed by atoms with van der Waals surface area (Å²) < 4.78 is 37.0. The molecule has 1 aromatic carbocycles. The van der Waals surface area contributed by atoms with Crippen molar-refractivity contribution in [2.45, 2.75) is 6.18 Å². The van der Waals surface area contributed by atoms with E-state index in [1.54, 1.807) is 0 Å². The highest BCUT2D eigenvalue weighted by atomic mass is 32.9. The lowest BCUT2D eigenvalue weighted by Gasteiger charge is -2.05. The van der Waals surface area contributed by atoms with Crippen LogP contribution in [0.25, 0.3) is 0 Å². The van der Waals surface area contributed by atoms with E-state index in [0.717, 1.165) is 6.07 Å². The molecule has 0 heterocycles. The van der Waals surface area contributed by atoms with Crippen LogP contribution in [-0.2, 0) is 18.0 Å². The standard InChI is InChI=1S/C7H4F3PS2/c8-7(9,10)5-3-1-2-4-6(5)11(12)13/h1-4H/p+1. The molecule has 70 valence electrons. The molecular formula is C7H5F3PS2+. The maximum Gasteiger partial charge on any atom is 0.420 e. The van der Waals surface area contributed by atoms with Crippen LogP contribution in [0.15, 0.2) is 24.3 Å². The van der Waals surface area contributed by atoms with E-state index in [2.05, 4.69) is 12.2 Å². The van der Waals surface area contributed by atoms with E-state index in [1.165, 1.54) is 18.2 Å². The zero-order valence-electron chi connectivity index (χ0n) is 6.25. The first-order valence-electron chi connectivity index (χ1n) is 3.25. The minimum Gasteiger partial charge on any atom is -0.166 e. The van der Waals surface area contributed by atoms with E-state index in [0.29, 0.717) is 0 Å². The monoisotopic (exact) mass is 241 g/mol. The van der Waals surface area contributed by atoms with Crippen LogP contribution in [0.1, 0.15) is 5.56 Å². The Morgan fingerprint density at radius 1 is 1.23 bits per heavy atom. The average Bonchev–Trinajstić information content (AvgIpc) is 2.03. The Labute approximate surface area is 84.7 Å². The lowest BCUT2D eigenvalue weighted by molar-refractivity contribution is -0.136. The van der Waals surface area contributed by atoms with Gasteiger partial charge in [-0.15, -0.1) is 0 Å². The second-order valence-corrected chi connectivity index (χ2v) is 6.42. The molecule has 6 heteroatoms. The van der Waals surface area contributed by atoms with Crippen LogP contribution in [0.5, 0.6) is 0 Å². The topological polar surface area (TPSA) is 0 Å². The molecule has 13 heavy (non-hydrogen) atoms. The molecule has 0 saturated carbocycles. The molecule has 0 spiro atoms. The number of rotatable bonds is 1. The summed E-state index contributed by atoms with van der Waals surface area (Å²) in [7, 11) is 0. The molecule has 0 aliphatic heterocycles. The maximum atomic E-state index is 12.3. The lowest BCUT2D eigenvalue weighted by atomic mass is 10.2.